The molecule has 2 rings (SSSR count). The van der Waals surface area contributed by atoms with Gasteiger partial charge in [-0.1, -0.05) is 11.6 Å². The van der Waals surface area contributed by atoms with Gasteiger partial charge in [0.25, 0.3) is 0 Å². The second-order valence-corrected chi connectivity index (χ2v) is 6.13. The summed E-state index contributed by atoms with van der Waals surface area (Å²) in [5.41, 5.74) is 5.80. The Morgan fingerprint density at radius 3 is 2.86 bits per heavy atom. The van der Waals surface area contributed by atoms with Crippen molar-refractivity contribution in [2.75, 3.05) is 11.5 Å². The fraction of sp³-hybridized carbons (Fsp3) is 0.375. The predicted octanol–water partition coefficient (Wildman–Crippen LogP) is 2.97. The minimum absolute atomic E-state index is 0.0371. The fourth-order valence-corrected chi connectivity index (χ4v) is 2.84. The predicted molar refractivity (Wildman–Crippen MR) is 87.3 cm³/mol. The molecule has 1 aromatic heterocycles. The van der Waals surface area contributed by atoms with Crippen LogP contribution in [0.25, 0.3) is 10.9 Å². The molecule has 0 fully saturated rings. The van der Waals surface area contributed by atoms with Crippen LogP contribution in [0.3, 0.4) is 0 Å². The molecule has 0 unspecified atom stereocenters. The largest absolute Gasteiger partial charge is 0.358 e. The molecule has 0 bridgehead atoms. The highest BCUT2D eigenvalue weighted by Crippen LogP contribution is 2.25. The summed E-state index contributed by atoms with van der Waals surface area (Å²) < 4.78 is 0. The second-order valence-electron chi connectivity index (χ2n) is 5.15. The van der Waals surface area contributed by atoms with Crippen molar-refractivity contribution < 1.29 is 4.79 Å². The normalized spacial score (nSPS) is 10.6. The molecule has 0 saturated carbocycles. The molecule has 0 aliphatic rings. The number of hydrogen-bond acceptors (Lipinski definition) is 3. The molecule has 0 spiro atoms. The third kappa shape index (κ3) is 3.59. The van der Waals surface area contributed by atoms with Crippen LogP contribution in [0.5, 0.6) is 0 Å². The maximum Gasteiger partial charge on any atom is 0.230 e. The summed E-state index contributed by atoms with van der Waals surface area (Å²) >= 11 is 1.33. The molecule has 1 aromatic carbocycles. The van der Waals surface area contributed by atoms with Crippen LogP contribution < -0.4 is 5.32 Å². The van der Waals surface area contributed by atoms with Crippen molar-refractivity contribution in [3.8, 4) is 6.07 Å². The molecule has 21 heavy (non-hydrogen) atoms. The molecule has 0 aliphatic carbocycles. The monoisotopic (exact) mass is 301 g/mol. The molecule has 1 amide bonds. The number of nitriles is 1. The number of aryl methyl sites for hydroxylation is 3. The number of nitrogens with one attached hydrogen (secondary N) is 2. The van der Waals surface area contributed by atoms with Gasteiger partial charge in [0.2, 0.25) is 5.91 Å². The zero-order valence-electron chi connectivity index (χ0n) is 12.5. The molecule has 2 aromatic rings. The van der Waals surface area contributed by atoms with Gasteiger partial charge in [0.1, 0.15) is 0 Å². The Balaban J connectivity index is 2.13. The van der Waals surface area contributed by atoms with Gasteiger partial charge in [0, 0.05) is 17.6 Å². The van der Waals surface area contributed by atoms with Crippen molar-refractivity contribution in [3.05, 3.63) is 34.5 Å². The molecule has 2 N–H and O–H groups in total. The highest BCUT2D eigenvalue weighted by Gasteiger charge is 2.10. The van der Waals surface area contributed by atoms with Gasteiger partial charge < -0.3 is 10.3 Å². The molecule has 1 heterocycles. The molecule has 4 nitrogen and oxygen atoms in total. The maximum absolute atomic E-state index is 11.7. The Hall–Kier alpha value is -1.93. The number of aromatic nitrogens is 1. The number of rotatable bonds is 5. The minimum Gasteiger partial charge on any atom is -0.358 e. The van der Waals surface area contributed by atoms with Crippen LogP contribution in [0.4, 0.5) is 0 Å². The first-order valence-corrected chi connectivity index (χ1v) is 7.98. The number of carbonyl (C=O) groups excluding carboxylic acids is 1. The SMILES string of the molecule is Cc1cc(CNC(=O)CSCC#N)c2[nH]c(C)c(C)c2c1. The van der Waals surface area contributed by atoms with Crippen molar-refractivity contribution in [2.24, 2.45) is 0 Å². The zero-order valence-corrected chi connectivity index (χ0v) is 13.4. The fourth-order valence-electron chi connectivity index (χ4n) is 2.36. The van der Waals surface area contributed by atoms with E-state index in [0.717, 1.165) is 16.8 Å². The number of benzene rings is 1. The summed E-state index contributed by atoms with van der Waals surface area (Å²) in [4.78, 5) is 15.1. The van der Waals surface area contributed by atoms with Crippen molar-refractivity contribution in [1.29, 1.82) is 5.26 Å². The van der Waals surface area contributed by atoms with Gasteiger partial charge in [-0.05, 0) is 38.0 Å². The lowest BCUT2D eigenvalue weighted by Crippen LogP contribution is -2.24. The number of thioether (sulfide) groups is 1. The van der Waals surface area contributed by atoms with Gasteiger partial charge in [-0.15, -0.1) is 11.8 Å². The molecule has 0 aliphatic heterocycles. The minimum atomic E-state index is -0.0371. The number of carbonyl (C=O) groups is 1. The first kappa shape index (κ1) is 15.5. The van der Waals surface area contributed by atoms with Crippen LogP contribution in [0.15, 0.2) is 12.1 Å². The summed E-state index contributed by atoms with van der Waals surface area (Å²) in [6.45, 7) is 6.74. The highest BCUT2D eigenvalue weighted by molar-refractivity contribution is 8.00. The Labute approximate surface area is 128 Å². The summed E-state index contributed by atoms with van der Waals surface area (Å²) in [5, 5.41) is 12.6. The van der Waals surface area contributed by atoms with Crippen LogP contribution in [0.1, 0.15) is 22.4 Å². The molecule has 0 atom stereocenters. The van der Waals surface area contributed by atoms with Gasteiger partial charge >= 0.3 is 0 Å². The average molecular weight is 301 g/mol. The summed E-state index contributed by atoms with van der Waals surface area (Å²) in [5.74, 6) is 0.632. The Kier molecular flexibility index (Phi) is 4.92. The van der Waals surface area contributed by atoms with E-state index in [1.54, 1.807) is 0 Å². The molecule has 0 saturated heterocycles. The standard InChI is InChI=1S/C16H19N3OS/c1-10-6-13(8-18-15(20)9-21-5-4-17)16-14(7-10)11(2)12(3)19-16/h6-7,19H,5,8-9H2,1-3H3,(H,18,20). The Bertz CT molecular complexity index is 712. The molecular weight excluding hydrogens is 282 g/mol. The number of aromatic amines is 1. The molecular formula is C16H19N3OS. The van der Waals surface area contributed by atoms with Crippen LogP contribution in [-0.2, 0) is 11.3 Å². The highest BCUT2D eigenvalue weighted by atomic mass is 32.2. The van der Waals surface area contributed by atoms with Crippen LogP contribution >= 0.6 is 11.8 Å². The smallest absolute Gasteiger partial charge is 0.230 e. The summed E-state index contributed by atoms with van der Waals surface area (Å²) in [6, 6.07) is 6.28. The molecule has 0 radical (unpaired) electrons. The first-order valence-electron chi connectivity index (χ1n) is 6.82. The van der Waals surface area contributed by atoms with Gasteiger partial charge in [0.15, 0.2) is 0 Å². The first-order chi connectivity index (χ1) is 10.0. The van der Waals surface area contributed by atoms with E-state index in [9.17, 15) is 4.79 Å². The van der Waals surface area contributed by atoms with Gasteiger partial charge in [0.05, 0.1) is 23.1 Å². The van der Waals surface area contributed by atoms with Crippen LogP contribution in [-0.4, -0.2) is 22.4 Å². The van der Waals surface area contributed by atoms with Crippen LogP contribution in [0, 0.1) is 32.1 Å². The zero-order chi connectivity index (χ0) is 15.4. The van der Waals surface area contributed by atoms with E-state index in [1.165, 1.54) is 28.3 Å². The van der Waals surface area contributed by atoms with E-state index in [2.05, 4.69) is 43.2 Å². The Morgan fingerprint density at radius 1 is 1.38 bits per heavy atom. The second kappa shape index (κ2) is 6.68. The number of nitrogens with zero attached hydrogens (tertiary/aromatic N) is 1. The average Bonchev–Trinajstić information content (AvgIpc) is 2.73. The number of amides is 1. The van der Waals surface area contributed by atoms with Gasteiger partial charge in [-0.25, -0.2) is 0 Å². The number of hydrogen-bond donors (Lipinski definition) is 2. The molecule has 5 heteroatoms. The van der Waals surface area contributed by atoms with E-state index in [1.807, 2.05) is 6.07 Å². The lowest BCUT2D eigenvalue weighted by Gasteiger charge is -2.08. The van der Waals surface area contributed by atoms with E-state index >= 15 is 0 Å². The van der Waals surface area contributed by atoms with Crippen LogP contribution in [0.2, 0.25) is 0 Å². The van der Waals surface area contributed by atoms with E-state index in [0.29, 0.717) is 18.1 Å². The van der Waals surface area contributed by atoms with Gasteiger partial charge in [-0.3, -0.25) is 4.79 Å². The van der Waals surface area contributed by atoms with E-state index in [4.69, 9.17) is 5.26 Å². The van der Waals surface area contributed by atoms with E-state index in [-0.39, 0.29) is 5.91 Å². The quantitative estimate of drug-likeness (QED) is 0.834. The number of H-pyrrole nitrogens is 1. The Morgan fingerprint density at radius 2 is 2.14 bits per heavy atom. The summed E-state index contributed by atoms with van der Waals surface area (Å²) in [7, 11) is 0. The number of fused-ring (bicyclic) bond motifs is 1. The van der Waals surface area contributed by atoms with Gasteiger partial charge in [-0.2, -0.15) is 5.26 Å². The van der Waals surface area contributed by atoms with Crippen molar-refractivity contribution in [3.63, 3.8) is 0 Å². The van der Waals surface area contributed by atoms with Crippen molar-refractivity contribution in [2.45, 2.75) is 27.3 Å². The van der Waals surface area contributed by atoms with Crippen molar-refractivity contribution >= 4 is 28.6 Å². The molecule has 110 valence electrons. The maximum atomic E-state index is 11.7. The topological polar surface area (TPSA) is 68.7 Å². The third-order valence-corrected chi connectivity index (χ3v) is 4.32. The van der Waals surface area contributed by atoms with E-state index < -0.39 is 0 Å². The lowest BCUT2D eigenvalue weighted by molar-refractivity contribution is -0.118. The van der Waals surface area contributed by atoms with Crippen molar-refractivity contribution in [1.82, 2.24) is 10.3 Å². The summed E-state index contributed by atoms with van der Waals surface area (Å²) in [6.07, 6.45) is 0. The third-order valence-electron chi connectivity index (χ3n) is 3.52. The lowest BCUT2D eigenvalue weighted by atomic mass is 10.0.